The average Bonchev–Trinajstić information content (AvgIpc) is 3.07. The summed E-state index contributed by atoms with van der Waals surface area (Å²) in [6, 6.07) is 7.01. The van der Waals surface area contributed by atoms with E-state index in [1.165, 1.54) is 23.3 Å². The van der Waals surface area contributed by atoms with Gasteiger partial charge in [-0.3, -0.25) is 4.90 Å². The SMILES string of the molecule is CCC1(c2cccc(OC(=O)N3CCC[C@H]3C(=O)O)c2)CCCCN(C)C1. The van der Waals surface area contributed by atoms with Crippen LogP contribution in [-0.2, 0) is 10.2 Å². The maximum absolute atomic E-state index is 12.5. The molecule has 2 atom stereocenters. The third-order valence-electron chi connectivity index (χ3n) is 6.12. The summed E-state index contributed by atoms with van der Waals surface area (Å²) in [5, 5.41) is 9.28. The summed E-state index contributed by atoms with van der Waals surface area (Å²) >= 11 is 0. The molecule has 1 amide bonds. The summed E-state index contributed by atoms with van der Waals surface area (Å²) in [7, 11) is 2.17. The lowest BCUT2D eigenvalue weighted by Crippen LogP contribution is -2.42. The van der Waals surface area contributed by atoms with Gasteiger partial charge in [0.05, 0.1) is 0 Å². The van der Waals surface area contributed by atoms with Crippen molar-refractivity contribution in [1.29, 1.82) is 0 Å². The van der Waals surface area contributed by atoms with Gasteiger partial charge < -0.3 is 14.7 Å². The van der Waals surface area contributed by atoms with Crippen LogP contribution in [0.4, 0.5) is 4.79 Å². The van der Waals surface area contributed by atoms with Gasteiger partial charge in [-0.2, -0.15) is 0 Å². The van der Waals surface area contributed by atoms with E-state index in [1.54, 1.807) is 6.07 Å². The minimum atomic E-state index is -0.968. The van der Waals surface area contributed by atoms with Crippen LogP contribution in [0.1, 0.15) is 51.0 Å². The van der Waals surface area contributed by atoms with Gasteiger partial charge in [-0.25, -0.2) is 9.59 Å². The van der Waals surface area contributed by atoms with Crippen molar-refractivity contribution in [3.8, 4) is 5.75 Å². The Morgan fingerprint density at radius 1 is 1.26 bits per heavy atom. The highest BCUT2D eigenvalue weighted by Crippen LogP contribution is 2.37. The lowest BCUT2D eigenvalue weighted by atomic mass is 9.74. The van der Waals surface area contributed by atoms with E-state index < -0.39 is 18.1 Å². The highest BCUT2D eigenvalue weighted by molar-refractivity contribution is 5.81. The molecule has 0 spiro atoms. The molecule has 0 bridgehead atoms. The van der Waals surface area contributed by atoms with Gasteiger partial charge in [-0.15, -0.1) is 0 Å². The molecule has 0 saturated carbocycles. The normalized spacial score (nSPS) is 26.6. The second kappa shape index (κ2) is 8.30. The van der Waals surface area contributed by atoms with E-state index in [9.17, 15) is 14.7 Å². The van der Waals surface area contributed by atoms with Crippen molar-refractivity contribution in [3.05, 3.63) is 29.8 Å². The predicted molar refractivity (Wildman–Crippen MR) is 103 cm³/mol. The van der Waals surface area contributed by atoms with E-state index in [1.807, 2.05) is 12.1 Å². The molecule has 2 fully saturated rings. The molecule has 2 saturated heterocycles. The molecule has 2 aliphatic rings. The van der Waals surface area contributed by atoms with Crippen LogP contribution in [0.3, 0.4) is 0 Å². The van der Waals surface area contributed by atoms with Crippen LogP contribution in [-0.4, -0.2) is 59.7 Å². The van der Waals surface area contributed by atoms with Gasteiger partial charge in [-0.1, -0.05) is 25.5 Å². The maximum Gasteiger partial charge on any atom is 0.415 e. The largest absolute Gasteiger partial charge is 0.480 e. The zero-order valence-corrected chi connectivity index (χ0v) is 16.3. The molecule has 27 heavy (non-hydrogen) atoms. The van der Waals surface area contributed by atoms with Crippen molar-refractivity contribution < 1.29 is 19.4 Å². The minimum absolute atomic E-state index is 0.0604. The number of carboxylic acids is 1. The molecule has 1 unspecified atom stereocenters. The fraction of sp³-hybridized carbons (Fsp3) is 0.619. The van der Waals surface area contributed by atoms with Gasteiger partial charge >= 0.3 is 12.1 Å². The van der Waals surface area contributed by atoms with Gasteiger partial charge in [0.2, 0.25) is 0 Å². The van der Waals surface area contributed by atoms with E-state index in [0.717, 1.165) is 25.9 Å². The molecule has 6 heteroatoms. The molecule has 0 aromatic heterocycles. The van der Waals surface area contributed by atoms with Crippen LogP contribution in [0.25, 0.3) is 0 Å². The number of ether oxygens (including phenoxy) is 1. The third-order valence-corrected chi connectivity index (χ3v) is 6.12. The first-order valence-electron chi connectivity index (χ1n) is 9.95. The van der Waals surface area contributed by atoms with Crippen molar-refractivity contribution in [2.24, 2.45) is 0 Å². The molecule has 1 aromatic rings. The number of carbonyl (C=O) groups excluding carboxylic acids is 1. The van der Waals surface area contributed by atoms with Crippen molar-refractivity contribution in [2.75, 3.05) is 26.7 Å². The molecular formula is C21H30N2O4. The number of likely N-dealkylation sites (tertiary alicyclic amines) is 2. The average molecular weight is 374 g/mol. The minimum Gasteiger partial charge on any atom is -0.480 e. The fourth-order valence-electron chi connectivity index (χ4n) is 4.54. The number of carboxylic acid groups (broad SMARTS) is 1. The van der Waals surface area contributed by atoms with Crippen molar-refractivity contribution >= 4 is 12.1 Å². The first-order valence-corrected chi connectivity index (χ1v) is 9.95. The highest BCUT2D eigenvalue weighted by atomic mass is 16.6. The fourth-order valence-corrected chi connectivity index (χ4v) is 4.54. The molecule has 0 aliphatic carbocycles. The standard InChI is InChI=1S/C21H30N2O4/c1-3-21(11-4-5-12-22(2)15-21)16-8-6-9-17(14-16)27-20(26)23-13-7-10-18(23)19(24)25/h6,8-9,14,18H,3-5,7,10-13,15H2,1-2H3,(H,24,25)/t18-,21?/m0/s1. The molecule has 0 radical (unpaired) electrons. The number of likely N-dealkylation sites (N-methyl/N-ethyl adjacent to an activating group) is 1. The van der Waals surface area contributed by atoms with Crippen LogP contribution in [0.5, 0.6) is 5.75 Å². The highest BCUT2D eigenvalue weighted by Gasteiger charge is 2.36. The Kier molecular flexibility index (Phi) is 6.05. The number of amides is 1. The molecule has 148 valence electrons. The Balaban J connectivity index is 1.78. The van der Waals surface area contributed by atoms with Crippen LogP contribution in [0.15, 0.2) is 24.3 Å². The zero-order chi connectivity index (χ0) is 19.4. The van der Waals surface area contributed by atoms with Gasteiger partial charge in [0.25, 0.3) is 0 Å². The van der Waals surface area contributed by atoms with Crippen LogP contribution < -0.4 is 4.74 Å². The van der Waals surface area contributed by atoms with Crippen LogP contribution >= 0.6 is 0 Å². The van der Waals surface area contributed by atoms with Gasteiger partial charge in [0, 0.05) is 18.5 Å². The summed E-state index contributed by atoms with van der Waals surface area (Å²) in [6.07, 6.45) is 5.16. The molecule has 2 heterocycles. The first-order chi connectivity index (χ1) is 12.9. The Morgan fingerprint density at radius 2 is 2.07 bits per heavy atom. The van der Waals surface area contributed by atoms with E-state index in [4.69, 9.17) is 4.74 Å². The van der Waals surface area contributed by atoms with E-state index >= 15 is 0 Å². The number of nitrogens with zero attached hydrogens (tertiary/aromatic N) is 2. The number of hydrogen-bond acceptors (Lipinski definition) is 4. The summed E-state index contributed by atoms with van der Waals surface area (Å²) in [4.78, 5) is 27.5. The van der Waals surface area contributed by atoms with Gasteiger partial charge in [-0.05, 0) is 63.4 Å². The first kappa shape index (κ1) is 19.7. The summed E-state index contributed by atoms with van der Waals surface area (Å²) < 4.78 is 5.57. The van der Waals surface area contributed by atoms with Crippen molar-refractivity contribution in [2.45, 2.75) is 56.9 Å². The number of aliphatic carboxylic acids is 1. The second-order valence-electron chi connectivity index (χ2n) is 7.91. The lowest BCUT2D eigenvalue weighted by molar-refractivity contribution is -0.141. The molecular weight excluding hydrogens is 344 g/mol. The number of hydrogen-bond donors (Lipinski definition) is 1. The molecule has 6 nitrogen and oxygen atoms in total. The third kappa shape index (κ3) is 4.26. The Morgan fingerprint density at radius 3 is 2.81 bits per heavy atom. The Bertz CT molecular complexity index is 693. The lowest BCUT2D eigenvalue weighted by Gasteiger charge is -2.35. The summed E-state index contributed by atoms with van der Waals surface area (Å²) in [5.41, 5.74) is 1.26. The number of benzene rings is 1. The predicted octanol–water partition coefficient (Wildman–Crippen LogP) is 3.50. The Hall–Kier alpha value is -2.08. The number of rotatable bonds is 4. The molecule has 2 aliphatic heterocycles. The Labute approximate surface area is 161 Å². The van der Waals surface area contributed by atoms with Crippen LogP contribution in [0, 0.1) is 0 Å². The monoisotopic (exact) mass is 374 g/mol. The van der Waals surface area contributed by atoms with Crippen LogP contribution in [0.2, 0.25) is 0 Å². The molecule has 1 aromatic carbocycles. The van der Waals surface area contributed by atoms with Gasteiger partial charge in [0.1, 0.15) is 11.8 Å². The number of carbonyl (C=O) groups is 2. The second-order valence-corrected chi connectivity index (χ2v) is 7.91. The van der Waals surface area contributed by atoms with E-state index in [2.05, 4.69) is 24.9 Å². The summed E-state index contributed by atoms with van der Waals surface area (Å²) in [6.45, 7) is 4.76. The smallest absolute Gasteiger partial charge is 0.415 e. The van der Waals surface area contributed by atoms with E-state index in [0.29, 0.717) is 25.1 Å². The van der Waals surface area contributed by atoms with E-state index in [-0.39, 0.29) is 5.41 Å². The van der Waals surface area contributed by atoms with Crippen molar-refractivity contribution in [1.82, 2.24) is 9.80 Å². The quantitative estimate of drug-likeness (QED) is 0.873. The topological polar surface area (TPSA) is 70.1 Å². The summed E-state index contributed by atoms with van der Waals surface area (Å²) in [5.74, 6) is -0.474. The molecule has 1 N–H and O–H groups in total. The maximum atomic E-state index is 12.5. The molecule has 3 rings (SSSR count). The zero-order valence-electron chi connectivity index (χ0n) is 16.3. The van der Waals surface area contributed by atoms with Gasteiger partial charge in [0.15, 0.2) is 0 Å². The van der Waals surface area contributed by atoms with Crippen molar-refractivity contribution in [3.63, 3.8) is 0 Å².